The maximum Gasteiger partial charge on any atom is 0.338 e. The molecule has 0 saturated heterocycles. The molecular formula is C16H24O2Si. The van der Waals surface area contributed by atoms with Crippen molar-refractivity contribution in [1.29, 1.82) is 0 Å². The minimum absolute atomic E-state index is 0.249. The van der Waals surface area contributed by atoms with Crippen LogP contribution < -0.4 is 0 Å². The van der Waals surface area contributed by atoms with Crippen LogP contribution in [0.2, 0.25) is 25.7 Å². The SMILES string of the molecule is C/C(COC(=O)c1ccccc1)=C(\C)C[Si](C)(C)C. The highest BCUT2D eigenvalue weighted by molar-refractivity contribution is 6.76. The van der Waals surface area contributed by atoms with Crippen LogP contribution in [0, 0.1) is 0 Å². The average Bonchev–Trinajstić information content (AvgIpc) is 2.34. The monoisotopic (exact) mass is 276 g/mol. The van der Waals surface area contributed by atoms with Gasteiger partial charge in [-0.25, -0.2) is 4.79 Å². The summed E-state index contributed by atoms with van der Waals surface area (Å²) in [5.74, 6) is -0.249. The van der Waals surface area contributed by atoms with Gasteiger partial charge in [0.2, 0.25) is 0 Å². The molecule has 0 heterocycles. The smallest absolute Gasteiger partial charge is 0.338 e. The summed E-state index contributed by atoms with van der Waals surface area (Å²) in [7, 11) is -1.10. The molecular weight excluding hydrogens is 252 g/mol. The number of carbonyl (C=O) groups is 1. The number of allylic oxidation sites excluding steroid dienone is 1. The molecule has 0 N–H and O–H groups in total. The number of rotatable bonds is 5. The van der Waals surface area contributed by atoms with Gasteiger partial charge in [-0.3, -0.25) is 0 Å². The molecule has 1 aromatic carbocycles. The Labute approximate surface area is 117 Å². The van der Waals surface area contributed by atoms with Crippen molar-refractivity contribution in [2.75, 3.05) is 6.61 Å². The van der Waals surface area contributed by atoms with Crippen molar-refractivity contribution in [3.05, 3.63) is 47.0 Å². The van der Waals surface area contributed by atoms with Crippen LogP contribution in [0.25, 0.3) is 0 Å². The van der Waals surface area contributed by atoms with Gasteiger partial charge in [0.1, 0.15) is 6.61 Å². The third-order valence-corrected chi connectivity index (χ3v) is 4.54. The Balaban J connectivity index is 2.57. The maximum absolute atomic E-state index is 11.8. The van der Waals surface area contributed by atoms with E-state index in [2.05, 4.69) is 26.6 Å². The summed E-state index contributed by atoms with van der Waals surface area (Å²) < 4.78 is 5.34. The molecule has 1 aromatic rings. The van der Waals surface area contributed by atoms with Gasteiger partial charge in [0.15, 0.2) is 0 Å². The largest absolute Gasteiger partial charge is 0.458 e. The van der Waals surface area contributed by atoms with E-state index < -0.39 is 8.07 Å². The van der Waals surface area contributed by atoms with Crippen molar-refractivity contribution in [2.45, 2.75) is 39.5 Å². The van der Waals surface area contributed by atoms with Gasteiger partial charge < -0.3 is 4.74 Å². The van der Waals surface area contributed by atoms with Crippen LogP contribution in [0.3, 0.4) is 0 Å². The highest BCUT2D eigenvalue weighted by atomic mass is 28.3. The van der Waals surface area contributed by atoms with E-state index in [1.165, 1.54) is 11.1 Å². The Morgan fingerprint density at radius 3 is 2.16 bits per heavy atom. The number of carbonyl (C=O) groups excluding carboxylic acids is 1. The summed E-state index contributed by atoms with van der Waals surface area (Å²) >= 11 is 0. The molecule has 0 amide bonds. The van der Waals surface area contributed by atoms with Crippen molar-refractivity contribution in [3.8, 4) is 0 Å². The minimum atomic E-state index is -1.10. The van der Waals surface area contributed by atoms with Crippen LogP contribution in [-0.2, 0) is 4.74 Å². The third-order valence-electron chi connectivity index (χ3n) is 2.95. The first-order valence-electron chi connectivity index (χ1n) is 6.67. The average molecular weight is 276 g/mol. The van der Waals surface area contributed by atoms with Crippen molar-refractivity contribution >= 4 is 14.0 Å². The van der Waals surface area contributed by atoms with Crippen LogP contribution >= 0.6 is 0 Å². The van der Waals surface area contributed by atoms with Crippen LogP contribution in [0.5, 0.6) is 0 Å². The molecule has 0 aromatic heterocycles. The Morgan fingerprint density at radius 1 is 1.05 bits per heavy atom. The molecule has 0 aliphatic rings. The van der Waals surface area contributed by atoms with Crippen molar-refractivity contribution < 1.29 is 9.53 Å². The lowest BCUT2D eigenvalue weighted by atomic mass is 10.2. The van der Waals surface area contributed by atoms with Gasteiger partial charge in [-0.15, -0.1) is 0 Å². The number of hydrogen-bond donors (Lipinski definition) is 0. The fourth-order valence-electron chi connectivity index (χ4n) is 1.90. The molecule has 0 spiro atoms. The second kappa shape index (κ2) is 6.71. The van der Waals surface area contributed by atoms with E-state index in [4.69, 9.17) is 4.74 Å². The summed E-state index contributed by atoms with van der Waals surface area (Å²) in [6.07, 6.45) is 0. The van der Waals surface area contributed by atoms with E-state index in [1.54, 1.807) is 12.1 Å². The predicted octanol–water partition coefficient (Wildman–Crippen LogP) is 4.52. The van der Waals surface area contributed by atoms with Crippen molar-refractivity contribution in [3.63, 3.8) is 0 Å². The number of esters is 1. The van der Waals surface area contributed by atoms with Crippen molar-refractivity contribution in [2.24, 2.45) is 0 Å². The van der Waals surface area contributed by atoms with E-state index >= 15 is 0 Å². The molecule has 0 aliphatic carbocycles. The Bertz CT molecular complexity index is 455. The number of ether oxygens (including phenoxy) is 1. The third kappa shape index (κ3) is 5.88. The lowest BCUT2D eigenvalue weighted by Gasteiger charge is -2.18. The number of hydrogen-bond acceptors (Lipinski definition) is 2. The molecule has 0 bridgehead atoms. The predicted molar refractivity (Wildman–Crippen MR) is 83.3 cm³/mol. The molecule has 19 heavy (non-hydrogen) atoms. The summed E-state index contributed by atoms with van der Waals surface area (Å²) in [5.41, 5.74) is 3.14. The normalized spacial score (nSPS) is 12.9. The van der Waals surface area contributed by atoms with Crippen LogP contribution in [0.1, 0.15) is 24.2 Å². The maximum atomic E-state index is 11.8. The molecule has 0 atom stereocenters. The molecule has 0 aliphatic heterocycles. The fourth-order valence-corrected chi connectivity index (χ4v) is 3.79. The summed E-state index contributed by atoms with van der Waals surface area (Å²) in [5, 5.41) is 0. The first kappa shape index (κ1) is 15.7. The van der Waals surface area contributed by atoms with E-state index in [0.29, 0.717) is 12.2 Å². The van der Waals surface area contributed by atoms with Gasteiger partial charge in [-0.1, -0.05) is 43.4 Å². The fraction of sp³-hybridized carbons (Fsp3) is 0.438. The van der Waals surface area contributed by atoms with Gasteiger partial charge in [0, 0.05) is 8.07 Å². The number of benzene rings is 1. The molecule has 0 fully saturated rings. The Morgan fingerprint density at radius 2 is 1.63 bits per heavy atom. The van der Waals surface area contributed by atoms with Gasteiger partial charge in [-0.2, -0.15) is 0 Å². The molecule has 2 nitrogen and oxygen atoms in total. The van der Waals surface area contributed by atoms with E-state index in [9.17, 15) is 4.79 Å². The Kier molecular flexibility index (Phi) is 5.55. The van der Waals surface area contributed by atoms with E-state index in [1.807, 2.05) is 25.1 Å². The van der Waals surface area contributed by atoms with Crippen LogP contribution in [-0.4, -0.2) is 20.7 Å². The summed E-state index contributed by atoms with van der Waals surface area (Å²) in [6, 6.07) is 10.3. The zero-order valence-electron chi connectivity index (χ0n) is 12.6. The lowest BCUT2D eigenvalue weighted by Crippen LogP contribution is -2.20. The van der Waals surface area contributed by atoms with E-state index in [-0.39, 0.29) is 5.97 Å². The first-order chi connectivity index (χ1) is 8.79. The first-order valence-corrected chi connectivity index (χ1v) is 10.4. The van der Waals surface area contributed by atoms with Gasteiger partial charge in [0.05, 0.1) is 5.56 Å². The minimum Gasteiger partial charge on any atom is -0.458 e. The zero-order chi connectivity index (χ0) is 14.5. The van der Waals surface area contributed by atoms with E-state index in [0.717, 1.165) is 6.04 Å². The highest BCUT2D eigenvalue weighted by Gasteiger charge is 2.15. The molecule has 0 saturated carbocycles. The van der Waals surface area contributed by atoms with Gasteiger partial charge in [0.25, 0.3) is 0 Å². The van der Waals surface area contributed by atoms with Crippen LogP contribution in [0.4, 0.5) is 0 Å². The molecule has 3 heteroatoms. The summed E-state index contributed by atoms with van der Waals surface area (Å²) in [6.45, 7) is 11.6. The highest BCUT2D eigenvalue weighted by Crippen LogP contribution is 2.19. The standard InChI is InChI=1S/C16H24O2Si/c1-13(14(2)12-19(3,4)5)11-18-16(17)15-9-7-6-8-10-15/h6-10H,11-12H2,1-5H3/b14-13-. The van der Waals surface area contributed by atoms with Crippen LogP contribution in [0.15, 0.2) is 41.5 Å². The van der Waals surface area contributed by atoms with Gasteiger partial charge in [-0.05, 0) is 37.6 Å². The molecule has 1 rings (SSSR count). The topological polar surface area (TPSA) is 26.3 Å². The zero-order valence-corrected chi connectivity index (χ0v) is 13.6. The molecule has 0 unspecified atom stereocenters. The Hall–Kier alpha value is -1.35. The van der Waals surface area contributed by atoms with Crippen molar-refractivity contribution in [1.82, 2.24) is 0 Å². The second-order valence-corrected chi connectivity index (χ2v) is 11.7. The molecule has 104 valence electrons. The van der Waals surface area contributed by atoms with Gasteiger partial charge >= 0.3 is 5.97 Å². The summed E-state index contributed by atoms with van der Waals surface area (Å²) in [4.78, 5) is 11.8. The second-order valence-electron chi connectivity index (χ2n) is 6.24. The lowest BCUT2D eigenvalue weighted by molar-refractivity contribution is 0.0539. The quantitative estimate of drug-likeness (QED) is 0.449. The molecule has 0 radical (unpaired) electrons.